The maximum absolute atomic E-state index is 13.3. The highest BCUT2D eigenvalue weighted by atomic mass is 19.4. The SMILES string of the molecule is CC(=O)N[C@@H]1[C@@H](OC(C)=O)[C@H](OC(C)=O)[C@@H](COC(C)=O)O[C@H]1NC(=O)C[C@@H]1NC(C(F)(F)F)(C(F)(F)F)OC1=O. The molecule has 41 heavy (non-hydrogen) atoms. The van der Waals surface area contributed by atoms with Gasteiger partial charge in [-0.3, -0.25) is 34.1 Å². The van der Waals surface area contributed by atoms with Crippen LogP contribution in [0.3, 0.4) is 0 Å². The largest absolute Gasteiger partial charge is 0.463 e. The number of carbonyl (C=O) groups excluding carboxylic acids is 6. The maximum atomic E-state index is 13.3. The predicted molar refractivity (Wildman–Crippen MR) is 115 cm³/mol. The van der Waals surface area contributed by atoms with Crippen molar-refractivity contribution < 1.29 is 78.8 Å². The summed E-state index contributed by atoms with van der Waals surface area (Å²) in [5, 5.41) is 5.31. The number of rotatable bonds is 8. The Bertz CT molecular complexity index is 1050. The topological polar surface area (TPSA) is 185 Å². The van der Waals surface area contributed by atoms with Gasteiger partial charge in [0.15, 0.2) is 18.4 Å². The van der Waals surface area contributed by atoms with Crippen LogP contribution < -0.4 is 16.0 Å². The van der Waals surface area contributed by atoms with Crippen LogP contribution in [-0.2, 0) is 52.5 Å². The van der Waals surface area contributed by atoms with Crippen molar-refractivity contribution in [2.24, 2.45) is 0 Å². The first-order chi connectivity index (χ1) is 18.7. The standard InChI is InChI=1S/C21H25F6N3O11/c1-7(31)28-14-16(39-10(4)34)15(38-9(3)33)12(6-37-8(2)32)40-17(14)29-13(35)5-11-18(36)41-19(30-11,20(22,23)24)21(25,26)27/h11-12,14-17,30H,5-6H2,1-4H3,(H,28,31)(H,29,35)/t11-,12+,14+,15+,16+,17+/m0/s1. The first-order valence-electron chi connectivity index (χ1n) is 11.5. The van der Waals surface area contributed by atoms with Gasteiger partial charge in [0.2, 0.25) is 11.8 Å². The highest BCUT2D eigenvalue weighted by Crippen LogP contribution is 2.47. The lowest BCUT2D eigenvalue weighted by Gasteiger charge is -2.45. The van der Waals surface area contributed by atoms with Crippen LogP contribution in [0.1, 0.15) is 34.1 Å². The Morgan fingerprint density at radius 3 is 1.85 bits per heavy atom. The van der Waals surface area contributed by atoms with Crippen molar-refractivity contribution in [2.45, 2.75) is 88.8 Å². The van der Waals surface area contributed by atoms with E-state index in [1.54, 1.807) is 0 Å². The molecule has 3 N–H and O–H groups in total. The van der Waals surface area contributed by atoms with Gasteiger partial charge in [-0.1, -0.05) is 0 Å². The van der Waals surface area contributed by atoms with Gasteiger partial charge in [0, 0.05) is 27.7 Å². The van der Waals surface area contributed by atoms with Crippen LogP contribution in [0.25, 0.3) is 0 Å². The molecular weight excluding hydrogens is 584 g/mol. The Morgan fingerprint density at radius 2 is 1.41 bits per heavy atom. The summed E-state index contributed by atoms with van der Waals surface area (Å²) in [6.45, 7) is 3.22. The molecule has 20 heteroatoms. The van der Waals surface area contributed by atoms with E-state index in [0.717, 1.165) is 33.0 Å². The lowest BCUT2D eigenvalue weighted by molar-refractivity contribution is -0.369. The Balaban J connectivity index is 2.37. The second-order valence-electron chi connectivity index (χ2n) is 8.84. The highest BCUT2D eigenvalue weighted by Gasteiger charge is 2.78. The smallest absolute Gasteiger partial charge is 0.452 e. The van der Waals surface area contributed by atoms with E-state index in [2.05, 4.69) is 15.4 Å². The van der Waals surface area contributed by atoms with Crippen molar-refractivity contribution in [1.29, 1.82) is 0 Å². The zero-order chi connectivity index (χ0) is 31.5. The van der Waals surface area contributed by atoms with Crippen LogP contribution in [-0.4, -0.2) is 97.0 Å². The fraction of sp³-hybridized carbons (Fsp3) is 0.714. The summed E-state index contributed by atoms with van der Waals surface area (Å²) in [4.78, 5) is 71.5. The fourth-order valence-corrected chi connectivity index (χ4v) is 3.99. The number of amides is 2. The van der Waals surface area contributed by atoms with Crippen molar-refractivity contribution >= 4 is 35.7 Å². The molecule has 0 aromatic rings. The number of halogens is 6. The van der Waals surface area contributed by atoms with Gasteiger partial charge in [-0.25, -0.2) is 0 Å². The Kier molecular flexibility index (Phi) is 10.2. The molecule has 0 aromatic carbocycles. The fourth-order valence-electron chi connectivity index (χ4n) is 3.99. The van der Waals surface area contributed by atoms with E-state index in [9.17, 15) is 55.1 Å². The molecule has 0 saturated carbocycles. The summed E-state index contributed by atoms with van der Waals surface area (Å²) in [6.07, 6.45) is -20.1. The lowest BCUT2D eigenvalue weighted by Crippen LogP contribution is -2.69. The normalized spacial score (nSPS) is 27.7. The molecule has 0 bridgehead atoms. The second kappa shape index (κ2) is 12.5. The minimum atomic E-state index is -6.15. The minimum Gasteiger partial charge on any atom is -0.463 e. The Hall–Kier alpha value is -3.68. The summed E-state index contributed by atoms with van der Waals surface area (Å²) >= 11 is 0. The zero-order valence-corrected chi connectivity index (χ0v) is 21.6. The molecule has 0 aliphatic carbocycles. The van der Waals surface area contributed by atoms with Gasteiger partial charge in [-0.2, -0.15) is 26.3 Å². The molecule has 2 fully saturated rings. The number of nitrogens with one attached hydrogen (secondary N) is 3. The van der Waals surface area contributed by atoms with Gasteiger partial charge in [-0.05, 0) is 0 Å². The summed E-state index contributed by atoms with van der Waals surface area (Å²) in [5.74, 6) is -6.99. The number of ether oxygens (including phenoxy) is 5. The average Bonchev–Trinajstić information content (AvgIpc) is 3.13. The minimum absolute atomic E-state index is 0.666. The first kappa shape index (κ1) is 33.5. The summed E-state index contributed by atoms with van der Waals surface area (Å²) in [6, 6.07) is -4.01. The quantitative estimate of drug-likeness (QED) is 0.182. The number of alkyl halides is 6. The van der Waals surface area contributed by atoms with Gasteiger partial charge in [0.25, 0.3) is 0 Å². The molecule has 6 atom stereocenters. The monoisotopic (exact) mass is 609 g/mol. The molecule has 232 valence electrons. The van der Waals surface area contributed by atoms with Crippen LogP contribution in [0.5, 0.6) is 0 Å². The molecule has 14 nitrogen and oxygen atoms in total. The van der Waals surface area contributed by atoms with Crippen LogP contribution in [0.4, 0.5) is 26.3 Å². The van der Waals surface area contributed by atoms with Crippen LogP contribution in [0.15, 0.2) is 0 Å². The van der Waals surface area contributed by atoms with E-state index >= 15 is 0 Å². The lowest BCUT2D eigenvalue weighted by atomic mass is 9.95. The molecule has 0 radical (unpaired) electrons. The number of hydrogen-bond donors (Lipinski definition) is 3. The Labute approximate surface area is 226 Å². The number of carbonyl (C=O) groups is 6. The third-order valence-corrected chi connectivity index (χ3v) is 5.52. The molecule has 2 heterocycles. The second-order valence-corrected chi connectivity index (χ2v) is 8.84. The summed E-state index contributed by atoms with van der Waals surface area (Å²) < 4.78 is 104. The van der Waals surface area contributed by atoms with Crippen LogP contribution >= 0.6 is 0 Å². The van der Waals surface area contributed by atoms with Crippen molar-refractivity contribution in [2.75, 3.05) is 6.61 Å². The van der Waals surface area contributed by atoms with Crippen LogP contribution in [0, 0.1) is 0 Å². The van der Waals surface area contributed by atoms with Gasteiger partial charge in [0.05, 0.1) is 6.42 Å². The molecule has 0 aromatic heterocycles. The number of hydrogen-bond acceptors (Lipinski definition) is 12. The molecule has 2 aliphatic rings. The highest BCUT2D eigenvalue weighted by molar-refractivity contribution is 5.87. The van der Waals surface area contributed by atoms with Gasteiger partial charge in [0.1, 0.15) is 24.8 Å². The van der Waals surface area contributed by atoms with E-state index < -0.39 is 103 Å². The maximum Gasteiger partial charge on any atom is 0.452 e. The van der Waals surface area contributed by atoms with Crippen molar-refractivity contribution in [1.82, 2.24) is 16.0 Å². The first-order valence-corrected chi connectivity index (χ1v) is 11.5. The van der Waals surface area contributed by atoms with Gasteiger partial charge in [-0.15, -0.1) is 0 Å². The zero-order valence-electron chi connectivity index (χ0n) is 21.6. The molecule has 2 rings (SSSR count). The van der Waals surface area contributed by atoms with Gasteiger partial charge < -0.3 is 34.3 Å². The Morgan fingerprint density at radius 1 is 0.878 bits per heavy atom. The van der Waals surface area contributed by atoms with Crippen molar-refractivity contribution in [3.63, 3.8) is 0 Å². The third-order valence-electron chi connectivity index (χ3n) is 5.52. The van der Waals surface area contributed by atoms with Crippen molar-refractivity contribution in [3.05, 3.63) is 0 Å². The van der Waals surface area contributed by atoms with E-state index in [0.29, 0.717) is 0 Å². The van der Waals surface area contributed by atoms with E-state index in [4.69, 9.17) is 18.9 Å². The molecule has 0 unspecified atom stereocenters. The van der Waals surface area contributed by atoms with E-state index in [1.807, 2.05) is 0 Å². The van der Waals surface area contributed by atoms with Gasteiger partial charge >= 0.3 is 42.0 Å². The molecule has 0 spiro atoms. The van der Waals surface area contributed by atoms with Crippen LogP contribution in [0.2, 0.25) is 0 Å². The van der Waals surface area contributed by atoms with E-state index in [-0.39, 0.29) is 0 Å². The average molecular weight is 609 g/mol. The molecule has 2 aliphatic heterocycles. The number of esters is 4. The summed E-state index contributed by atoms with van der Waals surface area (Å²) in [7, 11) is 0. The predicted octanol–water partition coefficient (Wildman–Crippen LogP) is -0.515. The molecule has 2 amide bonds. The molecular formula is C21H25F6N3O11. The summed E-state index contributed by atoms with van der Waals surface area (Å²) in [5.41, 5.74) is -5.07. The van der Waals surface area contributed by atoms with Crippen molar-refractivity contribution in [3.8, 4) is 0 Å². The van der Waals surface area contributed by atoms with E-state index in [1.165, 1.54) is 0 Å². The third kappa shape index (κ3) is 7.96. The number of cyclic esters (lactones) is 1. The molecule has 2 saturated heterocycles.